The highest BCUT2D eigenvalue weighted by Crippen LogP contribution is 2.52. The molecule has 1 amide bonds. The van der Waals surface area contributed by atoms with Gasteiger partial charge < -0.3 is 10.1 Å². The maximum absolute atomic E-state index is 13.2. The van der Waals surface area contributed by atoms with Crippen molar-refractivity contribution in [3.8, 4) is 5.69 Å². The van der Waals surface area contributed by atoms with Crippen LogP contribution in [0.3, 0.4) is 0 Å². The molecule has 0 bridgehead atoms. The first-order valence-corrected chi connectivity index (χ1v) is 13.4. The molecule has 1 saturated heterocycles. The number of carbonyl (C=O) groups excluding carboxylic acids is 1. The van der Waals surface area contributed by atoms with E-state index in [1.807, 2.05) is 24.7 Å². The fraction of sp³-hybridized carbons (Fsp3) is 0.407. The van der Waals surface area contributed by atoms with Crippen LogP contribution in [0.4, 0.5) is 4.39 Å². The van der Waals surface area contributed by atoms with E-state index in [4.69, 9.17) is 4.74 Å². The van der Waals surface area contributed by atoms with Crippen LogP contribution in [0.15, 0.2) is 60.9 Å². The van der Waals surface area contributed by atoms with Gasteiger partial charge in [-0.05, 0) is 67.6 Å². The van der Waals surface area contributed by atoms with Crippen LogP contribution in [0.25, 0.3) is 5.69 Å². The zero-order valence-corrected chi connectivity index (χ0v) is 20.9. The quantitative estimate of drug-likeness (QED) is 0.536. The number of methoxy groups -OCH3 is 1. The highest BCUT2D eigenvalue weighted by molar-refractivity contribution is 7.99. The molecular weight excluding hydrogens is 463 g/mol. The Labute approximate surface area is 209 Å². The van der Waals surface area contributed by atoms with Crippen LogP contribution in [-0.4, -0.2) is 58.9 Å². The van der Waals surface area contributed by atoms with Crippen molar-refractivity contribution >= 4 is 17.7 Å². The van der Waals surface area contributed by atoms with Gasteiger partial charge in [-0.3, -0.25) is 9.69 Å². The summed E-state index contributed by atoms with van der Waals surface area (Å²) in [4.78, 5) is 14.9. The number of likely N-dealkylation sites (tertiary alicyclic amines) is 1. The van der Waals surface area contributed by atoms with E-state index in [2.05, 4.69) is 33.5 Å². The molecule has 6 nitrogen and oxygen atoms in total. The number of benzene rings is 2. The Morgan fingerprint density at radius 2 is 1.94 bits per heavy atom. The smallest absolute Gasteiger partial charge is 0.230 e. The number of hydrogen-bond donors (Lipinski definition) is 1. The summed E-state index contributed by atoms with van der Waals surface area (Å²) in [6.07, 6.45) is 7.67. The third kappa shape index (κ3) is 4.62. The minimum atomic E-state index is -0.253. The molecule has 1 aromatic heterocycles. The summed E-state index contributed by atoms with van der Waals surface area (Å²) in [6.45, 7) is 2.67. The fourth-order valence-corrected chi connectivity index (χ4v) is 6.16. The maximum atomic E-state index is 13.2. The number of amides is 1. The molecular formula is C27H31FN4O2S. The lowest BCUT2D eigenvalue weighted by Gasteiger charge is -2.44. The Kier molecular flexibility index (Phi) is 6.95. The summed E-state index contributed by atoms with van der Waals surface area (Å²) in [5.41, 5.74) is 4.35. The van der Waals surface area contributed by atoms with E-state index in [0.717, 1.165) is 43.7 Å². The zero-order valence-electron chi connectivity index (χ0n) is 20.1. The molecule has 0 saturated carbocycles. The first kappa shape index (κ1) is 24.0. The molecule has 2 atom stereocenters. The zero-order chi connectivity index (χ0) is 24.4. The van der Waals surface area contributed by atoms with Crippen molar-refractivity contribution in [2.75, 3.05) is 32.2 Å². The van der Waals surface area contributed by atoms with Gasteiger partial charge in [-0.2, -0.15) is 16.9 Å². The van der Waals surface area contributed by atoms with Crippen molar-refractivity contribution in [2.45, 2.75) is 36.9 Å². The summed E-state index contributed by atoms with van der Waals surface area (Å²) in [5.74, 6) is 0.242. The molecule has 1 N–H and O–H groups in total. The number of carbonyl (C=O) groups is 1. The SMILES string of the molecule is CO[C@@H]1[C@@H](NC(=O)CSC)c2ccccc2C12CCN(Cc1cnn(-c3ccc(F)cc3)c1)CC2. The second kappa shape index (κ2) is 10.1. The van der Waals surface area contributed by atoms with Crippen molar-refractivity contribution in [2.24, 2.45) is 0 Å². The van der Waals surface area contributed by atoms with Crippen LogP contribution in [0, 0.1) is 5.82 Å². The van der Waals surface area contributed by atoms with E-state index in [9.17, 15) is 9.18 Å². The predicted octanol–water partition coefficient (Wildman–Crippen LogP) is 4.09. The number of rotatable bonds is 7. The molecule has 5 rings (SSSR count). The lowest BCUT2D eigenvalue weighted by Crippen LogP contribution is -2.50. The molecule has 0 unspecified atom stereocenters. The lowest BCUT2D eigenvalue weighted by atomic mass is 9.72. The van der Waals surface area contributed by atoms with Crippen molar-refractivity contribution in [1.29, 1.82) is 0 Å². The molecule has 8 heteroatoms. The Bertz CT molecular complexity index is 1170. The van der Waals surface area contributed by atoms with E-state index < -0.39 is 0 Å². The summed E-state index contributed by atoms with van der Waals surface area (Å²) < 4.78 is 21.1. The molecule has 1 fully saturated rings. The molecule has 184 valence electrons. The maximum Gasteiger partial charge on any atom is 0.230 e. The van der Waals surface area contributed by atoms with Crippen molar-refractivity contribution in [1.82, 2.24) is 20.0 Å². The lowest BCUT2D eigenvalue weighted by molar-refractivity contribution is -0.121. The summed E-state index contributed by atoms with van der Waals surface area (Å²) in [5, 5.41) is 7.71. The van der Waals surface area contributed by atoms with E-state index in [-0.39, 0.29) is 29.3 Å². The van der Waals surface area contributed by atoms with Crippen LogP contribution < -0.4 is 5.32 Å². The van der Waals surface area contributed by atoms with E-state index in [1.165, 1.54) is 35.0 Å². The van der Waals surface area contributed by atoms with Gasteiger partial charge in [0.25, 0.3) is 0 Å². The van der Waals surface area contributed by atoms with Crippen molar-refractivity contribution in [3.63, 3.8) is 0 Å². The molecule has 3 aromatic rings. The molecule has 2 aliphatic rings. The van der Waals surface area contributed by atoms with Crippen LogP contribution in [0.5, 0.6) is 0 Å². The molecule has 1 spiro atoms. The van der Waals surface area contributed by atoms with Gasteiger partial charge in [0.05, 0.1) is 29.8 Å². The molecule has 1 aliphatic heterocycles. The Balaban J connectivity index is 1.30. The fourth-order valence-electron chi connectivity index (χ4n) is 5.82. The second-order valence-electron chi connectivity index (χ2n) is 9.42. The van der Waals surface area contributed by atoms with Gasteiger partial charge in [-0.1, -0.05) is 24.3 Å². The topological polar surface area (TPSA) is 59.4 Å². The van der Waals surface area contributed by atoms with Gasteiger partial charge in [-0.15, -0.1) is 0 Å². The predicted molar refractivity (Wildman–Crippen MR) is 136 cm³/mol. The van der Waals surface area contributed by atoms with E-state index in [0.29, 0.717) is 5.75 Å². The third-order valence-electron chi connectivity index (χ3n) is 7.41. The number of ether oxygens (including phenoxy) is 1. The standard InChI is InChI=1S/C27H31FN4O2S/c1-34-26-25(30-24(33)18-35-2)22-5-3-4-6-23(22)27(26)11-13-31(14-12-27)16-19-15-29-32(17-19)21-9-7-20(28)8-10-21/h3-10,15,17,25-26H,11-14,16,18H2,1-2H3,(H,30,33)/t25-,26+/m0/s1. The summed E-state index contributed by atoms with van der Waals surface area (Å²) >= 11 is 1.53. The summed E-state index contributed by atoms with van der Waals surface area (Å²) in [7, 11) is 1.77. The first-order chi connectivity index (χ1) is 17.0. The van der Waals surface area contributed by atoms with Gasteiger partial charge in [0.2, 0.25) is 5.91 Å². The first-order valence-electron chi connectivity index (χ1n) is 12.0. The van der Waals surface area contributed by atoms with Gasteiger partial charge in [0, 0.05) is 30.8 Å². The van der Waals surface area contributed by atoms with Crippen molar-refractivity contribution < 1.29 is 13.9 Å². The Morgan fingerprint density at radius 3 is 2.66 bits per heavy atom. The number of thioether (sulfide) groups is 1. The van der Waals surface area contributed by atoms with Gasteiger partial charge >= 0.3 is 0 Å². The van der Waals surface area contributed by atoms with E-state index in [1.54, 1.807) is 23.9 Å². The number of piperidine rings is 1. The number of nitrogens with zero attached hydrogens (tertiary/aromatic N) is 3. The van der Waals surface area contributed by atoms with Crippen LogP contribution in [-0.2, 0) is 21.5 Å². The summed E-state index contributed by atoms with van der Waals surface area (Å²) in [6, 6.07) is 14.7. The average molecular weight is 495 g/mol. The van der Waals surface area contributed by atoms with Crippen molar-refractivity contribution in [3.05, 3.63) is 83.4 Å². The molecule has 0 radical (unpaired) electrons. The Hall–Kier alpha value is -2.68. The number of hydrogen-bond acceptors (Lipinski definition) is 5. The Morgan fingerprint density at radius 1 is 1.20 bits per heavy atom. The third-order valence-corrected chi connectivity index (χ3v) is 7.96. The molecule has 1 aliphatic carbocycles. The van der Waals surface area contributed by atoms with Gasteiger partial charge in [0.15, 0.2) is 0 Å². The second-order valence-corrected chi connectivity index (χ2v) is 10.3. The molecule has 35 heavy (non-hydrogen) atoms. The van der Waals surface area contributed by atoms with Crippen LogP contribution in [0.2, 0.25) is 0 Å². The highest BCUT2D eigenvalue weighted by Gasteiger charge is 2.53. The molecule has 2 aromatic carbocycles. The minimum Gasteiger partial charge on any atom is -0.378 e. The van der Waals surface area contributed by atoms with E-state index >= 15 is 0 Å². The number of nitrogens with one attached hydrogen (secondary N) is 1. The van der Waals surface area contributed by atoms with Gasteiger partial charge in [-0.25, -0.2) is 9.07 Å². The highest BCUT2D eigenvalue weighted by atomic mass is 32.2. The number of halogens is 1. The average Bonchev–Trinajstić information content (AvgIpc) is 3.43. The monoisotopic (exact) mass is 494 g/mol. The number of aromatic nitrogens is 2. The van der Waals surface area contributed by atoms with Crippen LogP contribution >= 0.6 is 11.8 Å². The number of fused-ring (bicyclic) bond motifs is 2. The normalized spacial score (nSPS) is 21.2. The minimum absolute atomic E-state index is 0.0482. The molecule has 2 heterocycles. The van der Waals surface area contributed by atoms with Gasteiger partial charge in [0.1, 0.15) is 5.82 Å². The largest absolute Gasteiger partial charge is 0.378 e. The van der Waals surface area contributed by atoms with Crippen LogP contribution in [0.1, 0.15) is 35.6 Å².